The van der Waals surface area contributed by atoms with Gasteiger partial charge in [0.15, 0.2) is 5.13 Å². The van der Waals surface area contributed by atoms with Crippen LogP contribution in [0.1, 0.15) is 44.0 Å². The highest BCUT2D eigenvalue weighted by molar-refractivity contribution is 7.17. The molecule has 3 N–H and O–H groups in total. The van der Waals surface area contributed by atoms with E-state index in [0.717, 1.165) is 35.2 Å². The minimum Gasteiger partial charge on any atom is -0.338 e. The zero-order chi connectivity index (χ0) is 22.4. The molecule has 3 rings (SSSR count). The predicted molar refractivity (Wildman–Crippen MR) is 127 cm³/mol. The average Bonchev–Trinajstić information content (AvgIpc) is 3.08. The number of hydrogen-bond acceptors (Lipinski definition) is 4. The number of aryl methyl sites for hydroxylation is 5. The Hall–Kier alpha value is -3.19. The van der Waals surface area contributed by atoms with Crippen LogP contribution in [-0.4, -0.2) is 23.5 Å². The molecule has 0 radical (unpaired) electrons. The lowest BCUT2D eigenvalue weighted by Crippen LogP contribution is -2.29. The molecular weight excluding hydrogens is 408 g/mol. The maximum atomic E-state index is 12.8. The Kier molecular flexibility index (Phi) is 7.41. The third-order valence-electron chi connectivity index (χ3n) is 4.91. The van der Waals surface area contributed by atoms with Crippen LogP contribution < -0.4 is 16.0 Å². The molecule has 6 nitrogen and oxygen atoms in total. The number of nitrogens with zero attached hydrogens (tertiary/aromatic N) is 1. The summed E-state index contributed by atoms with van der Waals surface area (Å²) in [5, 5.41) is 8.96. The molecule has 0 saturated carbocycles. The number of rotatable bonds is 7. The van der Waals surface area contributed by atoms with Gasteiger partial charge in [-0.1, -0.05) is 59.4 Å². The maximum absolute atomic E-state index is 12.8. The molecule has 3 aromatic rings. The molecule has 0 atom stereocenters. The first kappa shape index (κ1) is 22.5. The van der Waals surface area contributed by atoms with Crippen molar-refractivity contribution in [1.82, 2.24) is 10.3 Å². The van der Waals surface area contributed by atoms with Crippen molar-refractivity contribution < 1.29 is 9.59 Å². The number of hydrogen-bond donors (Lipinski definition) is 3. The quantitative estimate of drug-likeness (QED) is 0.435. The van der Waals surface area contributed by atoms with Crippen molar-refractivity contribution in [1.29, 1.82) is 0 Å². The number of thiazole rings is 1. The molecule has 162 valence electrons. The van der Waals surface area contributed by atoms with Gasteiger partial charge in [-0.2, -0.15) is 0 Å². The van der Waals surface area contributed by atoms with Gasteiger partial charge in [0.25, 0.3) is 5.91 Å². The lowest BCUT2D eigenvalue weighted by Gasteiger charge is -2.12. The molecule has 1 heterocycles. The fourth-order valence-corrected chi connectivity index (χ4v) is 4.35. The van der Waals surface area contributed by atoms with E-state index >= 15 is 0 Å². The van der Waals surface area contributed by atoms with E-state index in [4.69, 9.17) is 0 Å². The Morgan fingerprint density at radius 2 is 1.65 bits per heavy atom. The lowest BCUT2D eigenvalue weighted by atomic mass is 10.1. The highest BCUT2D eigenvalue weighted by atomic mass is 32.1. The van der Waals surface area contributed by atoms with Gasteiger partial charge in [-0.3, -0.25) is 10.1 Å². The summed E-state index contributed by atoms with van der Waals surface area (Å²) in [6.07, 6.45) is 1.75. The van der Waals surface area contributed by atoms with Crippen molar-refractivity contribution in [3.63, 3.8) is 0 Å². The molecule has 0 spiro atoms. The van der Waals surface area contributed by atoms with Gasteiger partial charge in [0.05, 0.1) is 5.69 Å². The molecule has 0 bridgehead atoms. The van der Waals surface area contributed by atoms with E-state index in [0.29, 0.717) is 22.2 Å². The molecule has 0 saturated heterocycles. The summed E-state index contributed by atoms with van der Waals surface area (Å²) >= 11 is 1.17. The van der Waals surface area contributed by atoms with Crippen LogP contribution in [0.15, 0.2) is 42.5 Å². The fraction of sp³-hybridized carbons (Fsp3) is 0.292. The first-order valence-corrected chi connectivity index (χ1v) is 11.1. The number of carbonyl (C=O) groups is 2. The molecule has 2 aromatic carbocycles. The molecule has 3 amide bonds. The van der Waals surface area contributed by atoms with Crippen LogP contribution in [-0.2, 0) is 6.42 Å². The molecule has 0 aliphatic rings. The third kappa shape index (κ3) is 6.15. The van der Waals surface area contributed by atoms with E-state index in [1.165, 1.54) is 16.9 Å². The summed E-state index contributed by atoms with van der Waals surface area (Å²) in [5.74, 6) is -0.221. The predicted octanol–water partition coefficient (Wildman–Crippen LogP) is 5.38. The summed E-state index contributed by atoms with van der Waals surface area (Å²) < 4.78 is 0. The second kappa shape index (κ2) is 10.2. The standard InChI is InChI=1S/C24H28N4O2S/c1-15-13-16(2)20(17(3)14-15)27-22(29)21-18(4)26-24(31-21)28-23(30)25-12-8-11-19-9-6-5-7-10-19/h5-7,9-10,13-14H,8,11-12H2,1-4H3,(H,27,29)(H2,25,26,28,30). The van der Waals surface area contributed by atoms with E-state index in [1.54, 1.807) is 6.92 Å². The van der Waals surface area contributed by atoms with Crippen LogP contribution in [0, 0.1) is 27.7 Å². The van der Waals surface area contributed by atoms with E-state index < -0.39 is 0 Å². The highest BCUT2D eigenvalue weighted by Crippen LogP contribution is 2.26. The van der Waals surface area contributed by atoms with Crippen LogP contribution in [0.25, 0.3) is 0 Å². The Bertz CT molecular complexity index is 1050. The van der Waals surface area contributed by atoms with Gasteiger partial charge < -0.3 is 10.6 Å². The molecule has 7 heteroatoms. The second-order valence-corrected chi connectivity index (χ2v) is 8.63. The average molecular weight is 437 g/mol. The van der Waals surface area contributed by atoms with Crippen molar-refractivity contribution in [2.24, 2.45) is 0 Å². The Morgan fingerprint density at radius 1 is 0.968 bits per heavy atom. The molecule has 1 aromatic heterocycles. The number of aromatic nitrogens is 1. The van der Waals surface area contributed by atoms with Crippen LogP contribution >= 0.6 is 11.3 Å². The van der Waals surface area contributed by atoms with Crippen molar-refractivity contribution in [3.05, 3.63) is 75.3 Å². The minimum absolute atomic E-state index is 0.221. The lowest BCUT2D eigenvalue weighted by molar-refractivity contribution is 0.102. The summed E-state index contributed by atoms with van der Waals surface area (Å²) in [6.45, 7) is 8.31. The van der Waals surface area contributed by atoms with Gasteiger partial charge in [-0.15, -0.1) is 0 Å². The third-order valence-corrected chi connectivity index (χ3v) is 5.98. The monoisotopic (exact) mass is 436 g/mol. The van der Waals surface area contributed by atoms with Gasteiger partial charge >= 0.3 is 6.03 Å². The van der Waals surface area contributed by atoms with Crippen LogP contribution in [0.3, 0.4) is 0 Å². The van der Waals surface area contributed by atoms with Gasteiger partial charge in [0, 0.05) is 12.2 Å². The normalized spacial score (nSPS) is 10.6. The molecule has 31 heavy (non-hydrogen) atoms. The number of benzene rings is 2. The Balaban J connectivity index is 1.54. The summed E-state index contributed by atoms with van der Waals surface area (Å²) in [5.41, 5.74) is 5.83. The Morgan fingerprint density at radius 3 is 2.32 bits per heavy atom. The summed E-state index contributed by atoms with van der Waals surface area (Å²) in [7, 11) is 0. The van der Waals surface area contributed by atoms with Gasteiger partial charge in [0.1, 0.15) is 4.88 Å². The Labute approximate surface area is 187 Å². The number of anilines is 2. The second-order valence-electron chi connectivity index (χ2n) is 7.63. The van der Waals surface area contributed by atoms with Crippen molar-refractivity contribution in [2.75, 3.05) is 17.2 Å². The van der Waals surface area contributed by atoms with Crippen LogP contribution in [0.2, 0.25) is 0 Å². The summed E-state index contributed by atoms with van der Waals surface area (Å²) in [6, 6.07) is 13.9. The van der Waals surface area contributed by atoms with Crippen molar-refractivity contribution in [3.8, 4) is 0 Å². The van der Waals surface area contributed by atoms with Crippen molar-refractivity contribution in [2.45, 2.75) is 40.5 Å². The van der Waals surface area contributed by atoms with Crippen molar-refractivity contribution >= 4 is 34.1 Å². The first-order chi connectivity index (χ1) is 14.8. The number of nitrogens with one attached hydrogen (secondary N) is 3. The minimum atomic E-state index is -0.320. The molecule has 0 fully saturated rings. The SMILES string of the molecule is Cc1cc(C)c(NC(=O)c2sc(NC(=O)NCCCc3ccccc3)nc2C)c(C)c1. The molecular formula is C24H28N4O2S. The molecule has 0 unspecified atom stereocenters. The zero-order valence-corrected chi connectivity index (χ0v) is 19.2. The van der Waals surface area contributed by atoms with E-state index in [2.05, 4.69) is 33.1 Å². The van der Waals surface area contributed by atoms with Gasteiger partial charge in [-0.25, -0.2) is 9.78 Å². The molecule has 0 aliphatic heterocycles. The topological polar surface area (TPSA) is 83.1 Å². The fourth-order valence-electron chi connectivity index (χ4n) is 3.49. The zero-order valence-electron chi connectivity index (χ0n) is 18.3. The van der Waals surface area contributed by atoms with E-state index in [9.17, 15) is 9.59 Å². The number of carbonyl (C=O) groups excluding carboxylic acids is 2. The highest BCUT2D eigenvalue weighted by Gasteiger charge is 2.18. The number of urea groups is 1. The van der Waals surface area contributed by atoms with Gasteiger partial charge in [0.2, 0.25) is 0 Å². The maximum Gasteiger partial charge on any atom is 0.321 e. The van der Waals surface area contributed by atoms with E-state index in [-0.39, 0.29) is 11.9 Å². The first-order valence-electron chi connectivity index (χ1n) is 10.3. The smallest absolute Gasteiger partial charge is 0.321 e. The van der Waals surface area contributed by atoms with Gasteiger partial charge in [-0.05, 0) is 57.2 Å². The number of amides is 3. The van der Waals surface area contributed by atoms with Crippen LogP contribution in [0.4, 0.5) is 15.6 Å². The van der Waals surface area contributed by atoms with E-state index in [1.807, 2.05) is 51.1 Å². The largest absolute Gasteiger partial charge is 0.338 e. The van der Waals surface area contributed by atoms with Crippen LogP contribution in [0.5, 0.6) is 0 Å². The molecule has 0 aliphatic carbocycles. The summed E-state index contributed by atoms with van der Waals surface area (Å²) in [4.78, 5) is 29.8.